The minimum Gasteiger partial charge on any atom is -0.258 e. The molecule has 0 unspecified atom stereocenters. The second-order valence-electron chi connectivity index (χ2n) is 5.95. The topological polar surface area (TPSA) is 80.5 Å². The van der Waals surface area contributed by atoms with E-state index in [1.165, 1.54) is 10.4 Å². The van der Waals surface area contributed by atoms with E-state index in [1.807, 2.05) is 13.8 Å². The molecule has 1 aliphatic heterocycles. The highest BCUT2D eigenvalue weighted by Gasteiger charge is 2.38. The van der Waals surface area contributed by atoms with Crippen molar-refractivity contribution in [2.75, 3.05) is 13.1 Å². The standard InChI is InChI=1S/C13H17FN2O4S/c1-13(2)7-4-8-15(9-13)21(19,20)11-6-3-5-10(14)12(11)16(17)18/h3,5-6H,4,7-9H2,1-2H3. The summed E-state index contributed by atoms with van der Waals surface area (Å²) in [6.07, 6.45) is 1.56. The van der Waals surface area contributed by atoms with Crippen LogP contribution in [0.5, 0.6) is 0 Å². The van der Waals surface area contributed by atoms with Crippen LogP contribution in [0, 0.1) is 21.3 Å². The van der Waals surface area contributed by atoms with Crippen molar-refractivity contribution in [3.05, 3.63) is 34.1 Å². The summed E-state index contributed by atoms with van der Waals surface area (Å²) in [5.74, 6) is -1.14. The molecule has 0 N–H and O–H groups in total. The van der Waals surface area contributed by atoms with Gasteiger partial charge in [-0.3, -0.25) is 10.1 Å². The molecule has 0 saturated carbocycles. The number of benzene rings is 1. The van der Waals surface area contributed by atoms with Crippen molar-refractivity contribution in [1.29, 1.82) is 0 Å². The van der Waals surface area contributed by atoms with Gasteiger partial charge in [-0.1, -0.05) is 19.9 Å². The Bertz CT molecular complexity index is 673. The van der Waals surface area contributed by atoms with E-state index >= 15 is 0 Å². The minimum atomic E-state index is -4.08. The van der Waals surface area contributed by atoms with Gasteiger partial charge >= 0.3 is 5.69 Å². The van der Waals surface area contributed by atoms with Gasteiger partial charge < -0.3 is 0 Å². The molecule has 0 bridgehead atoms. The molecule has 6 nitrogen and oxygen atoms in total. The molecule has 1 heterocycles. The van der Waals surface area contributed by atoms with E-state index in [9.17, 15) is 22.9 Å². The van der Waals surface area contributed by atoms with Crippen LogP contribution in [-0.2, 0) is 10.0 Å². The molecule has 8 heteroatoms. The second kappa shape index (κ2) is 5.34. The summed E-state index contributed by atoms with van der Waals surface area (Å²) in [6, 6.07) is 3.14. The number of nitro groups is 1. The number of rotatable bonds is 3. The SMILES string of the molecule is CC1(C)CCCN(S(=O)(=O)c2cccc(F)c2[N+](=O)[O-])C1. The van der Waals surface area contributed by atoms with Gasteiger partial charge in [-0.2, -0.15) is 8.70 Å². The molecule has 1 aromatic carbocycles. The second-order valence-corrected chi connectivity index (χ2v) is 7.86. The number of halogens is 1. The van der Waals surface area contributed by atoms with Crippen LogP contribution < -0.4 is 0 Å². The Morgan fingerprint density at radius 2 is 2.05 bits per heavy atom. The van der Waals surface area contributed by atoms with Crippen LogP contribution >= 0.6 is 0 Å². The number of para-hydroxylation sites is 1. The van der Waals surface area contributed by atoms with Crippen molar-refractivity contribution < 1.29 is 17.7 Å². The van der Waals surface area contributed by atoms with Crippen LogP contribution in [0.15, 0.2) is 23.1 Å². The minimum absolute atomic E-state index is 0.201. The molecular weight excluding hydrogens is 299 g/mol. The van der Waals surface area contributed by atoms with Crippen LogP contribution in [0.2, 0.25) is 0 Å². The highest BCUT2D eigenvalue weighted by atomic mass is 32.2. The molecular formula is C13H17FN2O4S. The summed E-state index contributed by atoms with van der Waals surface area (Å²) in [6.45, 7) is 4.44. The summed E-state index contributed by atoms with van der Waals surface area (Å²) < 4.78 is 40.0. The lowest BCUT2D eigenvalue weighted by atomic mass is 9.85. The first-order valence-electron chi connectivity index (χ1n) is 6.58. The third-order valence-electron chi connectivity index (χ3n) is 3.62. The third-order valence-corrected chi connectivity index (χ3v) is 5.49. The monoisotopic (exact) mass is 316 g/mol. The summed E-state index contributed by atoms with van der Waals surface area (Å²) in [7, 11) is -4.08. The van der Waals surface area contributed by atoms with Crippen LogP contribution in [0.25, 0.3) is 0 Å². The maximum absolute atomic E-state index is 13.6. The number of hydrogen-bond donors (Lipinski definition) is 0. The van der Waals surface area contributed by atoms with Gasteiger partial charge in [0.25, 0.3) is 0 Å². The van der Waals surface area contributed by atoms with Gasteiger partial charge in [0.15, 0.2) is 4.90 Å². The maximum Gasteiger partial charge on any atom is 0.324 e. The smallest absolute Gasteiger partial charge is 0.258 e. The zero-order valence-corrected chi connectivity index (χ0v) is 12.7. The van der Waals surface area contributed by atoms with Crippen LogP contribution in [0.3, 0.4) is 0 Å². The average molecular weight is 316 g/mol. The summed E-state index contributed by atoms with van der Waals surface area (Å²) in [5.41, 5.74) is -1.19. The molecule has 0 amide bonds. The largest absolute Gasteiger partial charge is 0.324 e. The lowest BCUT2D eigenvalue weighted by Gasteiger charge is -2.37. The van der Waals surface area contributed by atoms with E-state index < -0.39 is 31.3 Å². The van der Waals surface area contributed by atoms with E-state index in [2.05, 4.69) is 0 Å². The fourth-order valence-electron chi connectivity index (χ4n) is 2.59. The third kappa shape index (κ3) is 3.06. The van der Waals surface area contributed by atoms with Crippen molar-refractivity contribution in [2.24, 2.45) is 5.41 Å². The maximum atomic E-state index is 13.6. The first-order valence-corrected chi connectivity index (χ1v) is 8.02. The number of nitro benzene ring substituents is 1. The van der Waals surface area contributed by atoms with Gasteiger partial charge in [-0.15, -0.1) is 0 Å². The Hall–Kier alpha value is -1.54. The molecule has 0 radical (unpaired) electrons. The van der Waals surface area contributed by atoms with Crippen molar-refractivity contribution >= 4 is 15.7 Å². The van der Waals surface area contributed by atoms with Gasteiger partial charge in [0.2, 0.25) is 15.8 Å². The lowest BCUT2D eigenvalue weighted by Crippen LogP contribution is -2.43. The molecule has 116 valence electrons. The van der Waals surface area contributed by atoms with Gasteiger partial charge in [0.1, 0.15) is 0 Å². The molecule has 1 aromatic rings. The van der Waals surface area contributed by atoms with Crippen molar-refractivity contribution in [1.82, 2.24) is 4.31 Å². The predicted octanol–water partition coefficient (Wildman–Crippen LogP) is 2.54. The molecule has 2 rings (SSSR count). The summed E-state index contributed by atoms with van der Waals surface area (Å²) in [4.78, 5) is 9.41. The highest BCUT2D eigenvalue weighted by molar-refractivity contribution is 7.89. The number of hydrogen-bond acceptors (Lipinski definition) is 4. The normalized spacial score (nSPS) is 19.4. The zero-order chi connectivity index (χ0) is 15.8. The molecule has 1 saturated heterocycles. The molecule has 1 aliphatic rings. The Kier molecular flexibility index (Phi) is 4.03. The molecule has 0 atom stereocenters. The Morgan fingerprint density at radius 1 is 1.38 bits per heavy atom. The Balaban J connectivity index is 2.50. The lowest BCUT2D eigenvalue weighted by molar-refractivity contribution is -0.390. The Morgan fingerprint density at radius 3 is 2.62 bits per heavy atom. The highest BCUT2D eigenvalue weighted by Crippen LogP contribution is 2.35. The van der Waals surface area contributed by atoms with Crippen molar-refractivity contribution in [3.8, 4) is 0 Å². The molecule has 1 fully saturated rings. The first kappa shape index (κ1) is 15.8. The Labute approximate surface area is 122 Å². The number of sulfonamides is 1. The van der Waals surface area contributed by atoms with Crippen LogP contribution in [0.4, 0.5) is 10.1 Å². The van der Waals surface area contributed by atoms with Crippen molar-refractivity contribution in [3.63, 3.8) is 0 Å². The zero-order valence-electron chi connectivity index (χ0n) is 11.9. The van der Waals surface area contributed by atoms with Gasteiger partial charge in [-0.05, 0) is 30.4 Å². The van der Waals surface area contributed by atoms with E-state index in [0.29, 0.717) is 13.0 Å². The van der Waals surface area contributed by atoms with E-state index in [1.54, 1.807) is 0 Å². The molecule has 0 aliphatic carbocycles. The van der Waals surface area contributed by atoms with Gasteiger partial charge in [0.05, 0.1) is 4.92 Å². The van der Waals surface area contributed by atoms with E-state index in [-0.39, 0.29) is 12.0 Å². The molecule has 21 heavy (non-hydrogen) atoms. The van der Waals surface area contributed by atoms with Gasteiger partial charge in [0, 0.05) is 13.1 Å². The fourth-order valence-corrected chi connectivity index (χ4v) is 4.43. The first-order chi connectivity index (χ1) is 9.65. The predicted molar refractivity (Wildman–Crippen MR) is 74.8 cm³/mol. The molecule has 0 aromatic heterocycles. The van der Waals surface area contributed by atoms with Crippen molar-refractivity contribution in [2.45, 2.75) is 31.6 Å². The summed E-state index contributed by atoms with van der Waals surface area (Å²) >= 11 is 0. The average Bonchev–Trinajstić information content (AvgIpc) is 2.36. The van der Waals surface area contributed by atoms with E-state index in [4.69, 9.17) is 0 Å². The fraction of sp³-hybridized carbons (Fsp3) is 0.538. The molecule has 0 spiro atoms. The van der Waals surface area contributed by atoms with Gasteiger partial charge in [-0.25, -0.2) is 8.42 Å². The van der Waals surface area contributed by atoms with E-state index in [0.717, 1.165) is 18.6 Å². The number of piperidine rings is 1. The number of nitrogens with zero attached hydrogens (tertiary/aromatic N) is 2. The van der Waals surface area contributed by atoms with Crippen LogP contribution in [0.1, 0.15) is 26.7 Å². The van der Waals surface area contributed by atoms with Crippen LogP contribution in [-0.4, -0.2) is 30.7 Å². The quantitative estimate of drug-likeness (QED) is 0.634. The summed E-state index contributed by atoms with van der Waals surface area (Å²) in [5, 5.41) is 11.0.